The zero-order valence-electron chi connectivity index (χ0n) is 14.6. The van der Waals surface area contributed by atoms with Crippen LogP contribution in [0.25, 0.3) is 0 Å². The molecule has 3 N–H and O–H groups in total. The molecule has 2 aromatic rings. The minimum absolute atomic E-state index is 0.0557. The average molecular weight is 379 g/mol. The van der Waals surface area contributed by atoms with Crippen molar-refractivity contribution in [3.05, 3.63) is 70.8 Å². The Labute approximate surface area is 154 Å². The van der Waals surface area contributed by atoms with Gasteiger partial charge in [-0.3, -0.25) is 4.79 Å². The van der Waals surface area contributed by atoms with Gasteiger partial charge in [0, 0.05) is 11.5 Å². The smallest absolute Gasteiger partial charge is 0.390 e. The Balaban J connectivity index is 1.81. The Hall–Kier alpha value is -2.38. The summed E-state index contributed by atoms with van der Waals surface area (Å²) in [4.78, 5) is 12.5. The predicted molar refractivity (Wildman–Crippen MR) is 93.2 cm³/mol. The Kier molecular flexibility index (Phi) is 5.26. The van der Waals surface area contributed by atoms with Crippen LogP contribution in [0.5, 0.6) is 0 Å². The minimum Gasteiger partial charge on any atom is -0.390 e. The number of carbonyl (C=O) groups is 1. The first-order valence-corrected chi connectivity index (χ1v) is 8.58. The van der Waals surface area contributed by atoms with Gasteiger partial charge in [0.05, 0.1) is 17.7 Å². The van der Waals surface area contributed by atoms with E-state index < -0.39 is 35.9 Å². The van der Waals surface area contributed by atoms with E-state index in [1.165, 1.54) is 0 Å². The molecule has 7 heteroatoms. The van der Waals surface area contributed by atoms with Crippen LogP contribution in [0, 0.1) is 6.92 Å². The van der Waals surface area contributed by atoms with Crippen LogP contribution in [0.1, 0.15) is 39.4 Å². The molecule has 1 aliphatic carbocycles. The second-order valence-electron chi connectivity index (χ2n) is 6.83. The number of carbonyl (C=O) groups excluding carboxylic acids is 1. The molecule has 2 aromatic carbocycles. The highest BCUT2D eigenvalue weighted by Crippen LogP contribution is 2.37. The molecule has 0 spiro atoms. The summed E-state index contributed by atoms with van der Waals surface area (Å²) in [6.45, 7) is 1.90. The summed E-state index contributed by atoms with van der Waals surface area (Å²) >= 11 is 0. The standard InChI is InChI=1S/C20H20F3NO3/c1-11-4-2-3-5-14(11)15-10-16(25)18(26)17(15)24-19(27)12-6-8-13(9-7-12)20(21,22)23/h2-9,15-18,25-26H,10H2,1H3,(H,24,27). The first-order valence-electron chi connectivity index (χ1n) is 8.58. The highest BCUT2D eigenvalue weighted by atomic mass is 19.4. The molecule has 4 atom stereocenters. The van der Waals surface area contributed by atoms with E-state index in [2.05, 4.69) is 5.32 Å². The Morgan fingerprint density at radius 3 is 2.30 bits per heavy atom. The van der Waals surface area contributed by atoms with Gasteiger partial charge in [-0.05, 0) is 48.7 Å². The monoisotopic (exact) mass is 379 g/mol. The number of rotatable bonds is 3. The zero-order valence-corrected chi connectivity index (χ0v) is 14.6. The van der Waals surface area contributed by atoms with Gasteiger partial charge < -0.3 is 15.5 Å². The van der Waals surface area contributed by atoms with Crippen molar-refractivity contribution in [1.82, 2.24) is 5.32 Å². The number of aliphatic hydroxyl groups is 2. The number of nitrogens with one attached hydrogen (secondary N) is 1. The van der Waals surface area contributed by atoms with E-state index in [0.29, 0.717) is 0 Å². The lowest BCUT2D eigenvalue weighted by atomic mass is 9.90. The predicted octanol–water partition coefficient (Wildman–Crippen LogP) is 3.02. The molecule has 4 nitrogen and oxygen atoms in total. The zero-order chi connectivity index (χ0) is 19.8. The highest BCUT2D eigenvalue weighted by molar-refractivity contribution is 5.94. The number of alkyl halides is 3. The molecule has 4 unspecified atom stereocenters. The molecule has 1 saturated carbocycles. The van der Waals surface area contributed by atoms with Gasteiger partial charge in [-0.15, -0.1) is 0 Å². The van der Waals surface area contributed by atoms with Gasteiger partial charge in [0.15, 0.2) is 0 Å². The largest absolute Gasteiger partial charge is 0.416 e. The van der Waals surface area contributed by atoms with E-state index >= 15 is 0 Å². The fraction of sp³-hybridized carbons (Fsp3) is 0.350. The molecule has 1 aliphatic rings. The van der Waals surface area contributed by atoms with Crippen LogP contribution in [0.2, 0.25) is 0 Å². The van der Waals surface area contributed by atoms with Crippen molar-refractivity contribution in [3.63, 3.8) is 0 Å². The van der Waals surface area contributed by atoms with Crippen molar-refractivity contribution in [2.24, 2.45) is 0 Å². The van der Waals surface area contributed by atoms with Crippen LogP contribution < -0.4 is 5.32 Å². The number of halogens is 3. The van der Waals surface area contributed by atoms with E-state index in [-0.39, 0.29) is 17.9 Å². The summed E-state index contributed by atoms with van der Waals surface area (Å²) in [5, 5.41) is 23.1. The molecular formula is C20H20F3NO3. The fourth-order valence-corrected chi connectivity index (χ4v) is 3.58. The molecule has 3 rings (SSSR count). The van der Waals surface area contributed by atoms with Crippen molar-refractivity contribution in [2.45, 2.75) is 43.7 Å². The molecule has 0 heterocycles. The number of aliphatic hydroxyl groups excluding tert-OH is 2. The molecule has 1 fully saturated rings. The molecule has 1 amide bonds. The van der Waals surface area contributed by atoms with E-state index in [1.807, 2.05) is 31.2 Å². The number of hydrogen-bond donors (Lipinski definition) is 3. The van der Waals surface area contributed by atoms with Gasteiger partial charge in [-0.1, -0.05) is 24.3 Å². The molecule has 144 valence electrons. The summed E-state index contributed by atoms with van der Waals surface area (Å²) in [5.74, 6) is -0.893. The van der Waals surface area contributed by atoms with Gasteiger partial charge in [0.25, 0.3) is 5.91 Å². The maximum atomic E-state index is 12.7. The van der Waals surface area contributed by atoms with Gasteiger partial charge in [-0.25, -0.2) is 0 Å². The van der Waals surface area contributed by atoms with Gasteiger partial charge in [0.2, 0.25) is 0 Å². The van der Waals surface area contributed by atoms with Crippen LogP contribution in [-0.2, 0) is 6.18 Å². The number of aryl methyl sites for hydroxylation is 1. The number of hydrogen-bond acceptors (Lipinski definition) is 3. The van der Waals surface area contributed by atoms with Crippen molar-refractivity contribution < 1.29 is 28.2 Å². The van der Waals surface area contributed by atoms with Crippen LogP contribution in [0.15, 0.2) is 48.5 Å². The lowest BCUT2D eigenvalue weighted by Crippen LogP contribution is -2.45. The van der Waals surface area contributed by atoms with Crippen LogP contribution in [0.3, 0.4) is 0 Å². The number of amides is 1. The first kappa shape index (κ1) is 19.4. The Morgan fingerprint density at radius 1 is 1.07 bits per heavy atom. The normalized spacial score (nSPS) is 25.4. The molecule has 0 saturated heterocycles. The topological polar surface area (TPSA) is 69.6 Å². The van der Waals surface area contributed by atoms with E-state index in [4.69, 9.17) is 0 Å². The summed E-state index contributed by atoms with van der Waals surface area (Å²) in [6, 6.07) is 10.6. The quantitative estimate of drug-likeness (QED) is 0.768. The highest BCUT2D eigenvalue weighted by Gasteiger charge is 2.43. The maximum Gasteiger partial charge on any atom is 0.416 e. The molecule has 0 aliphatic heterocycles. The molecule has 0 aromatic heterocycles. The molecular weight excluding hydrogens is 359 g/mol. The summed E-state index contributed by atoms with van der Waals surface area (Å²) in [5.41, 5.74) is 1.09. The number of benzene rings is 2. The second kappa shape index (κ2) is 7.32. The third-order valence-corrected chi connectivity index (χ3v) is 5.05. The maximum absolute atomic E-state index is 12.7. The van der Waals surface area contributed by atoms with Crippen molar-refractivity contribution in [2.75, 3.05) is 0 Å². The fourth-order valence-electron chi connectivity index (χ4n) is 3.58. The SMILES string of the molecule is Cc1ccccc1C1CC(O)C(O)C1NC(=O)c1ccc(C(F)(F)F)cc1. The third kappa shape index (κ3) is 3.99. The second-order valence-corrected chi connectivity index (χ2v) is 6.83. The van der Waals surface area contributed by atoms with Crippen molar-refractivity contribution in [3.8, 4) is 0 Å². The van der Waals surface area contributed by atoms with Crippen molar-refractivity contribution >= 4 is 5.91 Å². The van der Waals surface area contributed by atoms with Gasteiger partial charge >= 0.3 is 6.18 Å². The van der Waals surface area contributed by atoms with E-state index in [9.17, 15) is 28.2 Å². The van der Waals surface area contributed by atoms with E-state index in [0.717, 1.165) is 35.4 Å². The Bertz CT molecular complexity index is 820. The lowest BCUT2D eigenvalue weighted by Gasteiger charge is -2.25. The van der Waals surface area contributed by atoms with Crippen LogP contribution >= 0.6 is 0 Å². The van der Waals surface area contributed by atoms with Gasteiger partial charge in [-0.2, -0.15) is 13.2 Å². The summed E-state index contributed by atoms with van der Waals surface area (Å²) < 4.78 is 38.0. The lowest BCUT2D eigenvalue weighted by molar-refractivity contribution is -0.137. The van der Waals surface area contributed by atoms with Crippen molar-refractivity contribution in [1.29, 1.82) is 0 Å². The first-order chi connectivity index (χ1) is 12.7. The summed E-state index contributed by atoms with van der Waals surface area (Å²) in [7, 11) is 0. The van der Waals surface area contributed by atoms with Crippen LogP contribution in [0.4, 0.5) is 13.2 Å². The van der Waals surface area contributed by atoms with Crippen LogP contribution in [-0.4, -0.2) is 34.4 Å². The Morgan fingerprint density at radius 2 is 1.70 bits per heavy atom. The molecule has 27 heavy (non-hydrogen) atoms. The molecule has 0 radical (unpaired) electrons. The van der Waals surface area contributed by atoms with E-state index in [1.54, 1.807) is 0 Å². The minimum atomic E-state index is -4.48. The summed E-state index contributed by atoms with van der Waals surface area (Å²) in [6.07, 6.45) is -6.35. The average Bonchev–Trinajstić information content (AvgIpc) is 2.89. The third-order valence-electron chi connectivity index (χ3n) is 5.05. The van der Waals surface area contributed by atoms with Gasteiger partial charge in [0.1, 0.15) is 6.10 Å². The molecule has 0 bridgehead atoms.